The Hall–Kier alpha value is -4.92. The van der Waals surface area contributed by atoms with Crippen LogP contribution in [0.2, 0.25) is 0 Å². The lowest BCUT2D eigenvalue weighted by molar-refractivity contribution is 0.463. The summed E-state index contributed by atoms with van der Waals surface area (Å²) in [5.74, 6) is 0. The minimum Gasteiger partial charge on any atom is -0.305 e. The Kier molecular flexibility index (Phi) is 7.37. The van der Waals surface area contributed by atoms with Crippen molar-refractivity contribution in [1.82, 2.24) is 4.90 Å². The van der Waals surface area contributed by atoms with Crippen LogP contribution in [0.25, 0.3) is 43.4 Å². The normalized spacial score (nSPS) is 12.2. The second kappa shape index (κ2) is 11.8. The average molecular weight is 552 g/mol. The predicted octanol–water partition coefficient (Wildman–Crippen LogP) is 8.47. The van der Waals surface area contributed by atoms with Gasteiger partial charge in [0.15, 0.2) is 0 Å². The van der Waals surface area contributed by atoms with Gasteiger partial charge in [-0.2, -0.15) is 0 Å². The van der Waals surface area contributed by atoms with Crippen LogP contribution >= 0.6 is 0 Å². The van der Waals surface area contributed by atoms with E-state index in [1.807, 2.05) is 0 Å². The largest absolute Gasteiger partial charge is 0.305 e. The molecule has 1 nitrogen and oxygen atoms in total. The van der Waals surface area contributed by atoms with Gasteiger partial charge in [-0.15, -0.1) is 0 Å². The molecule has 0 aliphatic heterocycles. The maximum absolute atomic E-state index is 2.40. The molecular formula is C41H34BN. The van der Waals surface area contributed by atoms with Crippen molar-refractivity contribution in [3.05, 3.63) is 169 Å². The molecular weight excluding hydrogens is 517 g/mol. The highest BCUT2D eigenvalue weighted by Gasteiger charge is 2.29. The Morgan fingerprint density at radius 3 is 1.40 bits per heavy atom. The first-order valence-corrected chi connectivity index (χ1v) is 15.0. The zero-order chi connectivity index (χ0) is 29.2. The summed E-state index contributed by atoms with van der Waals surface area (Å²) in [6.07, 6.45) is 0. The van der Waals surface area contributed by atoms with E-state index in [2.05, 4.69) is 177 Å². The Morgan fingerprint density at radius 1 is 0.442 bits per heavy atom. The number of benzene rings is 7. The first-order valence-electron chi connectivity index (χ1n) is 15.0. The third-order valence-corrected chi connectivity index (χ3v) is 8.48. The predicted molar refractivity (Wildman–Crippen MR) is 189 cm³/mol. The summed E-state index contributed by atoms with van der Waals surface area (Å²) >= 11 is 0. The van der Waals surface area contributed by atoms with Gasteiger partial charge in [0.25, 0.3) is 0 Å². The van der Waals surface area contributed by atoms with E-state index in [4.69, 9.17) is 0 Å². The fraction of sp³-hybridized carbons (Fsp3) is 0.0732. The number of likely N-dealkylation sites (N-methyl/N-ethyl adjacent to an activating group) is 1. The molecule has 0 atom stereocenters. The summed E-state index contributed by atoms with van der Waals surface area (Å²) in [4.78, 5) is 2.29. The molecule has 0 amide bonds. The highest BCUT2D eigenvalue weighted by atomic mass is 15.0. The zero-order valence-electron chi connectivity index (χ0n) is 24.7. The molecule has 0 N–H and O–H groups in total. The van der Waals surface area contributed by atoms with Gasteiger partial charge in [0.05, 0.1) is 0 Å². The monoisotopic (exact) mass is 551 g/mol. The number of rotatable bonds is 7. The SMILES string of the molecule is CN(C)C/C(=C(\B(c1ccc2ccccc2c1)c1ccc2ccccc2c1)c1ccc2ccccc2c1)c1ccccc1. The summed E-state index contributed by atoms with van der Waals surface area (Å²) in [5.41, 5.74) is 7.79. The van der Waals surface area contributed by atoms with E-state index in [1.54, 1.807) is 0 Å². The van der Waals surface area contributed by atoms with Crippen LogP contribution in [0.5, 0.6) is 0 Å². The van der Waals surface area contributed by atoms with Gasteiger partial charge in [0.2, 0.25) is 6.71 Å². The maximum Gasteiger partial charge on any atom is 0.242 e. The zero-order valence-corrected chi connectivity index (χ0v) is 24.7. The van der Waals surface area contributed by atoms with Gasteiger partial charge in [0, 0.05) is 6.54 Å². The number of hydrogen-bond acceptors (Lipinski definition) is 1. The van der Waals surface area contributed by atoms with Gasteiger partial charge < -0.3 is 4.90 Å². The highest BCUT2D eigenvalue weighted by Crippen LogP contribution is 2.32. The molecule has 206 valence electrons. The molecule has 0 heterocycles. The lowest BCUT2D eigenvalue weighted by Crippen LogP contribution is -2.44. The molecule has 0 aliphatic carbocycles. The van der Waals surface area contributed by atoms with Crippen molar-refractivity contribution < 1.29 is 0 Å². The first-order chi connectivity index (χ1) is 21.1. The summed E-state index contributed by atoms with van der Waals surface area (Å²) in [6, 6.07) is 58.0. The second-order valence-electron chi connectivity index (χ2n) is 11.7. The van der Waals surface area contributed by atoms with Crippen LogP contribution in [0.3, 0.4) is 0 Å². The van der Waals surface area contributed by atoms with Gasteiger partial charge in [-0.3, -0.25) is 0 Å². The van der Waals surface area contributed by atoms with E-state index >= 15 is 0 Å². The summed E-state index contributed by atoms with van der Waals surface area (Å²) in [7, 11) is 4.34. The fourth-order valence-corrected chi connectivity index (χ4v) is 6.46. The molecule has 0 spiro atoms. The van der Waals surface area contributed by atoms with Crippen molar-refractivity contribution in [2.24, 2.45) is 0 Å². The Balaban J connectivity index is 1.59. The fourth-order valence-electron chi connectivity index (χ4n) is 6.46. The Labute approximate surface area is 254 Å². The summed E-state index contributed by atoms with van der Waals surface area (Å²) in [5, 5.41) is 7.56. The minimum absolute atomic E-state index is 0.0190. The number of nitrogens with zero attached hydrogens (tertiary/aromatic N) is 1. The van der Waals surface area contributed by atoms with Crippen LogP contribution in [0.15, 0.2) is 158 Å². The molecule has 0 bridgehead atoms. The number of fused-ring (bicyclic) bond motifs is 3. The molecule has 0 radical (unpaired) electrons. The van der Waals surface area contributed by atoms with Crippen LogP contribution in [-0.2, 0) is 0 Å². The van der Waals surface area contributed by atoms with Crippen molar-refractivity contribution in [2.45, 2.75) is 0 Å². The van der Waals surface area contributed by atoms with E-state index in [0.29, 0.717) is 0 Å². The molecule has 0 aliphatic rings. The molecule has 2 heteroatoms. The van der Waals surface area contributed by atoms with Crippen LogP contribution in [0.4, 0.5) is 0 Å². The minimum atomic E-state index is 0.0190. The molecule has 7 aromatic carbocycles. The lowest BCUT2D eigenvalue weighted by atomic mass is 9.34. The van der Waals surface area contributed by atoms with Crippen molar-refractivity contribution in [3.8, 4) is 0 Å². The van der Waals surface area contributed by atoms with Crippen molar-refractivity contribution in [1.29, 1.82) is 0 Å². The van der Waals surface area contributed by atoms with Crippen molar-refractivity contribution in [2.75, 3.05) is 20.6 Å². The van der Waals surface area contributed by atoms with Crippen molar-refractivity contribution >= 4 is 61.0 Å². The van der Waals surface area contributed by atoms with Gasteiger partial charge >= 0.3 is 0 Å². The summed E-state index contributed by atoms with van der Waals surface area (Å²) in [6.45, 7) is 0.842. The second-order valence-corrected chi connectivity index (χ2v) is 11.7. The smallest absolute Gasteiger partial charge is 0.242 e. The third-order valence-electron chi connectivity index (χ3n) is 8.48. The third kappa shape index (κ3) is 5.50. The van der Waals surface area contributed by atoms with E-state index < -0.39 is 0 Å². The van der Waals surface area contributed by atoms with Gasteiger partial charge in [-0.25, -0.2) is 0 Å². The van der Waals surface area contributed by atoms with Crippen molar-refractivity contribution in [3.63, 3.8) is 0 Å². The summed E-state index contributed by atoms with van der Waals surface area (Å²) < 4.78 is 0. The molecule has 0 aromatic heterocycles. The average Bonchev–Trinajstić information content (AvgIpc) is 3.06. The Morgan fingerprint density at radius 2 is 0.884 bits per heavy atom. The standard InChI is InChI=1S/C41H34BN/c1-43(2)29-40(33-15-4-3-5-16-33)41(37-21-20-30-12-6-9-17-34(30)26-37)42(38-24-22-31-13-7-10-18-35(31)27-38)39-25-23-32-14-8-11-19-36(32)28-39/h3-28H,29H2,1-2H3/b41-40+. The quantitative estimate of drug-likeness (QED) is 0.142. The van der Waals surface area contributed by atoms with E-state index in [-0.39, 0.29) is 6.71 Å². The van der Waals surface area contributed by atoms with Gasteiger partial charge in [0.1, 0.15) is 0 Å². The van der Waals surface area contributed by atoms with Gasteiger partial charge in [-0.1, -0.05) is 168 Å². The topological polar surface area (TPSA) is 3.24 Å². The molecule has 0 unspecified atom stereocenters. The van der Waals surface area contributed by atoms with E-state index in [9.17, 15) is 0 Å². The number of hydrogen-bond donors (Lipinski definition) is 0. The van der Waals surface area contributed by atoms with Crippen LogP contribution in [-0.4, -0.2) is 32.3 Å². The lowest BCUT2D eigenvalue weighted by Gasteiger charge is -2.26. The molecule has 0 saturated carbocycles. The highest BCUT2D eigenvalue weighted by molar-refractivity contribution is 7.01. The van der Waals surface area contributed by atoms with Gasteiger partial charge in [-0.05, 0) is 69.2 Å². The molecule has 43 heavy (non-hydrogen) atoms. The van der Waals surface area contributed by atoms with E-state index in [1.165, 1.54) is 65.4 Å². The van der Waals surface area contributed by atoms with Crippen LogP contribution in [0, 0.1) is 0 Å². The molecule has 7 rings (SSSR count). The molecule has 0 fully saturated rings. The Bertz CT molecular complexity index is 2010. The molecule has 0 saturated heterocycles. The van der Waals surface area contributed by atoms with E-state index in [0.717, 1.165) is 6.54 Å². The van der Waals surface area contributed by atoms with Crippen LogP contribution in [0.1, 0.15) is 11.1 Å². The molecule has 7 aromatic rings. The maximum atomic E-state index is 2.40. The van der Waals surface area contributed by atoms with Crippen LogP contribution < -0.4 is 10.9 Å². The first kappa shape index (κ1) is 27.0.